The van der Waals surface area contributed by atoms with E-state index >= 15 is 0 Å². The summed E-state index contributed by atoms with van der Waals surface area (Å²) in [5.74, 6) is 7.46. The van der Waals surface area contributed by atoms with Crippen molar-refractivity contribution in [1.82, 2.24) is 0 Å². The number of carbonyl (C=O) groups is 1. The summed E-state index contributed by atoms with van der Waals surface area (Å²) in [5, 5.41) is 26.2. The van der Waals surface area contributed by atoms with E-state index in [4.69, 9.17) is 10.2 Å². The second-order valence-corrected chi connectivity index (χ2v) is 5.90. The molecule has 0 aromatic carbocycles. The van der Waals surface area contributed by atoms with Crippen LogP contribution < -0.4 is 17.0 Å². The van der Waals surface area contributed by atoms with Crippen LogP contribution in [0.2, 0.25) is 0 Å². The minimum atomic E-state index is -0.652. The van der Waals surface area contributed by atoms with Crippen molar-refractivity contribution in [1.29, 1.82) is 0 Å². The van der Waals surface area contributed by atoms with Crippen molar-refractivity contribution in [2.24, 2.45) is 0 Å². The van der Waals surface area contributed by atoms with Crippen LogP contribution in [-0.4, -0.2) is 62.5 Å². The second-order valence-electron chi connectivity index (χ2n) is 5.90. The molecule has 0 aromatic rings. The van der Waals surface area contributed by atoms with E-state index in [2.05, 4.69) is 63.2 Å². The van der Waals surface area contributed by atoms with Crippen LogP contribution in [0.15, 0.2) is 24.3 Å². The molecule has 0 aromatic heterocycles. The molecule has 0 fully saturated rings. The van der Waals surface area contributed by atoms with Gasteiger partial charge in [-0.3, -0.25) is 0 Å². The van der Waals surface area contributed by atoms with E-state index < -0.39 is 18.3 Å². The molecule has 0 radical (unpaired) electrons. The summed E-state index contributed by atoms with van der Waals surface area (Å²) in [7, 11) is 0. The topological polar surface area (TPSA) is 77.8 Å². The van der Waals surface area contributed by atoms with Gasteiger partial charge in [0, 0.05) is 6.42 Å². The number of allylic oxidation sites excluding steroid dienone is 4. The minimum Gasteiger partial charge on any atom is -1.00 e. The van der Waals surface area contributed by atoms with Crippen LogP contribution in [-0.2, 0) is 4.79 Å². The number of carbonyl (C=O) groups excluding carboxylic acids is 1. The van der Waals surface area contributed by atoms with Gasteiger partial charge in [-0.1, -0.05) is 55.9 Å². The zero-order valence-corrected chi connectivity index (χ0v) is 23.4. The van der Waals surface area contributed by atoms with Gasteiger partial charge in [-0.25, -0.2) is 0 Å². The van der Waals surface area contributed by atoms with Crippen LogP contribution in [0, 0.1) is 31.1 Å². The predicted molar refractivity (Wildman–Crippen MR) is 131 cm³/mol. The number of aliphatic hydroxyl groups is 3. The third kappa shape index (κ3) is 65.2. The van der Waals surface area contributed by atoms with Crippen LogP contribution in [0.5, 0.6) is 0 Å². The summed E-state index contributed by atoms with van der Waals surface area (Å²) in [4.78, 5) is 10.4. The summed E-state index contributed by atoms with van der Waals surface area (Å²) in [6, 6.07) is 0. The summed E-state index contributed by atoms with van der Waals surface area (Å²) in [5.41, 5.74) is 0. The predicted octanol–water partition coefficient (Wildman–Crippen LogP) is 1.26. The minimum absolute atomic E-state index is 0. The van der Waals surface area contributed by atoms with Crippen molar-refractivity contribution in [2.75, 3.05) is 0 Å². The van der Waals surface area contributed by atoms with E-state index in [1.54, 1.807) is 27.7 Å². The van der Waals surface area contributed by atoms with E-state index in [0.29, 0.717) is 12.8 Å². The van der Waals surface area contributed by atoms with Crippen molar-refractivity contribution in [3.63, 3.8) is 0 Å². The van der Waals surface area contributed by atoms with E-state index in [1.807, 2.05) is 6.08 Å². The van der Waals surface area contributed by atoms with Crippen molar-refractivity contribution in [3.05, 3.63) is 31.2 Å². The fraction of sp³-hybridized carbons (Fsp3) is 0.600. The Morgan fingerprint density at radius 3 is 1.68 bits per heavy atom. The number of hydrogen-bond acceptors (Lipinski definition) is 4. The fourth-order valence-electron chi connectivity index (χ4n) is 1.40. The van der Waals surface area contributed by atoms with Crippen LogP contribution in [0.25, 0.3) is 0 Å². The SMILES string of the molecule is C#CC(C)O.CC/C=C/CCC(C)=O.CC/C=C/CCC(O)C#CC(C)O.[Br-].[CH2-]C.[Mg+2]. The average molecular weight is 512 g/mol. The first-order valence-corrected chi connectivity index (χ1v) is 10.2. The molecule has 0 amide bonds. The fourth-order valence-corrected chi connectivity index (χ4v) is 1.40. The van der Waals surface area contributed by atoms with E-state index in [9.17, 15) is 9.90 Å². The zero-order chi connectivity index (χ0) is 23.5. The van der Waals surface area contributed by atoms with Crippen LogP contribution >= 0.6 is 0 Å². The van der Waals surface area contributed by atoms with Crippen molar-refractivity contribution >= 4 is 28.8 Å². The number of rotatable bonds is 8. The largest absolute Gasteiger partial charge is 2.00 e. The molecular weight excluding hydrogens is 468 g/mol. The van der Waals surface area contributed by atoms with Crippen molar-refractivity contribution in [3.8, 4) is 24.2 Å². The third-order valence-corrected chi connectivity index (χ3v) is 2.77. The summed E-state index contributed by atoms with van der Waals surface area (Å²) < 4.78 is 0. The molecule has 0 aliphatic rings. The second kappa shape index (κ2) is 39.8. The maximum absolute atomic E-state index is 10.4. The number of terminal acetylenes is 1. The number of halogens is 1. The zero-order valence-electron chi connectivity index (χ0n) is 20.4. The Bertz CT molecular complexity index is 498. The van der Waals surface area contributed by atoms with Crippen LogP contribution in [0.1, 0.15) is 80.1 Å². The first kappa shape index (κ1) is 44.1. The standard InChI is InChI=1S/C11H18O2.C8H14O.C4H6O.C2H5.BrH.Mg/c1-3-4-5-6-7-11(13)9-8-10(2)12;1-3-4-5-6-7-8(2)9;1-3-4(2)5;1-2;;/h4-5,10-13H,3,6-7H2,1-2H3;4-5H,3,6-7H2,1-2H3;1,4-5H,2H3;1H2,2H3;1H;/q;;;-1;;+2/p-1/b2*5-4+;;;;. The smallest absolute Gasteiger partial charge is 1.00 e. The number of Topliss-reactive ketones (excluding diaryl/α,β-unsaturated/α-hetero) is 1. The Kier molecular flexibility index (Phi) is 56.7. The molecule has 31 heavy (non-hydrogen) atoms. The molecule has 0 bridgehead atoms. The molecule has 3 unspecified atom stereocenters. The molecular formula is C25H43BrMgO4. The molecule has 3 atom stereocenters. The molecule has 4 nitrogen and oxygen atoms in total. The third-order valence-electron chi connectivity index (χ3n) is 2.77. The van der Waals surface area contributed by atoms with Gasteiger partial charge in [0.2, 0.25) is 0 Å². The summed E-state index contributed by atoms with van der Waals surface area (Å²) >= 11 is 0. The molecule has 0 saturated carbocycles. The molecule has 0 aliphatic heterocycles. The van der Waals surface area contributed by atoms with Gasteiger partial charge in [-0.2, -0.15) is 6.92 Å². The summed E-state index contributed by atoms with van der Waals surface area (Å²) in [6.07, 6.45) is 16.2. The maximum Gasteiger partial charge on any atom is 2.00 e. The van der Waals surface area contributed by atoms with E-state index in [-0.39, 0.29) is 45.8 Å². The monoisotopic (exact) mass is 510 g/mol. The molecule has 0 rings (SSSR count). The Balaban J connectivity index is -0.0000000762. The van der Waals surface area contributed by atoms with Gasteiger partial charge in [0.25, 0.3) is 0 Å². The van der Waals surface area contributed by atoms with Gasteiger partial charge < -0.3 is 44.0 Å². The van der Waals surface area contributed by atoms with E-state index in [0.717, 1.165) is 25.7 Å². The Labute approximate surface area is 218 Å². The van der Waals surface area contributed by atoms with Gasteiger partial charge >= 0.3 is 23.1 Å². The van der Waals surface area contributed by atoms with Gasteiger partial charge in [0.1, 0.15) is 24.1 Å². The number of aliphatic hydroxyl groups excluding tert-OH is 3. The van der Waals surface area contributed by atoms with Gasteiger partial charge in [0.15, 0.2) is 0 Å². The molecule has 0 spiro atoms. The first-order chi connectivity index (χ1) is 13.7. The molecule has 0 saturated heterocycles. The van der Waals surface area contributed by atoms with Crippen molar-refractivity contribution in [2.45, 2.75) is 98.4 Å². The maximum atomic E-state index is 10.4. The Hall–Kier alpha value is -0.604. The van der Waals surface area contributed by atoms with Crippen molar-refractivity contribution < 1.29 is 37.1 Å². The van der Waals surface area contributed by atoms with Gasteiger partial charge in [-0.05, 0) is 52.9 Å². The molecule has 0 heterocycles. The molecule has 6 heteroatoms. The quantitative estimate of drug-likeness (QED) is 0.199. The van der Waals surface area contributed by atoms with E-state index in [1.165, 1.54) is 0 Å². The molecule has 176 valence electrons. The molecule has 0 aliphatic carbocycles. The average Bonchev–Trinajstić information content (AvgIpc) is 2.69. The molecule has 3 N–H and O–H groups in total. The van der Waals surface area contributed by atoms with Crippen LogP contribution in [0.3, 0.4) is 0 Å². The summed E-state index contributed by atoms with van der Waals surface area (Å²) in [6.45, 7) is 13.9. The Morgan fingerprint density at radius 1 is 0.935 bits per heavy atom. The van der Waals surface area contributed by atoms with Gasteiger partial charge in [-0.15, -0.1) is 6.42 Å². The Morgan fingerprint density at radius 2 is 1.35 bits per heavy atom. The number of hydrogen-bond donors (Lipinski definition) is 3. The van der Waals surface area contributed by atoms with Crippen LogP contribution in [0.4, 0.5) is 0 Å². The van der Waals surface area contributed by atoms with Gasteiger partial charge in [0.05, 0.1) is 0 Å². The first-order valence-electron chi connectivity index (χ1n) is 10.2. The normalized spacial score (nSPS) is 11.6. The number of ketones is 1.